The van der Waals surface area contributed by atoms with Crippen LogP contribution in [-0.4, -0.2) is 44.4 Å². The SMILES string of the molecule is CCC(c1ccc(C(F)(F)F)cc1CN(Cc1cc(C(F)(F)F)cc(C(F)(F)F)c1)c1nnn(C)n1)N1CC[C@@H](F)C1. The highest BCUT2D eigenvalue weighted by Crippen LogP contribution is 2.39. The second-order valence-electron chi connectivity index (χ2n) is 10.1. The van der Waals surface area contributed by atoms with Gasteiger partial charge in [0.15, 0.2) is 0 Å². The monoisotopic (exact) mass is 612 g/mol. The van der Waals surface area contributed by atoms with Gasteiger partial charge in [0, 0.05) is 32.2 Å². The molecule has 2 aromatic carbocycles. The maximum absolute atomic E-state index is 14.0. The van der Waals surface area contributed by atoms with E-state index in [1.807, 2.05) is 0 Å². The van der Waals surface area contributed by atoms with E-state index in [0.717, 1.165) is 21.8 Å². The van der Waals surface area contributed by atoms with E-state index in [0.29, 0.717) is 30.7 Å². The van der Waals surface area contributed by atoms with Crippen molar-refractivity contribution in [1.82, 2.24) is 25.1 Å². The number of aryl methyl sites for hydroxylation is 1. The minimum absolute atomic E-state index is 0.0145. The van der Waals surface area contributed by atoms with E-state index in [1.54, 1.807) is 11.8 Å². The second kappa shape index (κ2) is 11.7. The first kappa shape index (κ1) is 31.5. The first-order valence-electron chi connectivity index (χ1n) is 12.8. The van der Waals surface area contributed by atoms with Gasteiger partial charge in [-0.15, -0.1) is 5.10 Å². The third-order valence-corrected chi connectivity index (χ3v) is 6.98. The molecule has 0 spiro atoms. The van der Waals surface area contributed by atoms with Gasteiger partial charge in [0.25, 0.3) is 5.95 Å². The van der Waals surface area contributed by atoms with E-state index in [9.17, 15) is 43.9 Å². The summed E-state index contributed by atoms with van der Waals surface area (Å²) < 4.78 is 136. The normalized spacial score (nSPS) is 17.6. The maximum Gasteiger partial charge on any atom is 0.416 e. The number of hydrogen-bond donors (Lipinski definition) is 0. The van der Waals surface area contributed by atoms with Crippen LogP contribution in [-0.2, 0) is 38.7 Å². The third kappa shape index (κ3) is 7.31. The lowest BCUT2D eigenvalue weighted by Crippen LogP contribution is -2.30. The summed E-state index contributed by atoms with van der Waals surface area (Å²) in [6, 6.07) is 3.59. The zero-order valence-electron chi connectivity index (χ0n) is 22.3. The van der Waals surface area contributed by atoms with Crippen LogP contribution < -0.4 is 4.90 Å². The van der Waals surface area contributed by atoms with Crippen molar-refractivity contribution in [3.63, 3.8) is 0 Å². The van der Waals surface area contributed by atoms with Gasteiger partial charge in [-0.1, -0.05) is 18.1 Å². The summed E-state index contributed by atoms with van der Waals surface area (Å²) in [7, 11) is 1.37. The van der Waals surface area contributed by atoms with Gasteiger partial charge in [-0.2, -0.15) is 44.3 Å². The lowest BCUT2D eigenvalue weighted by molar-refractivity contribution is -0.143. The Morgan fingerprint density at radius 1 is 0.881 bits per heavy atom. The number of anilines is 1. The molecule has 1 unspecified atom stereocenters. The van der Waals surface area contributed by atoms with Crippen LogP contribution in [0.2, 0.25) is 0 Å². The average Bonchev–Trinajstić information content (AvgIpc) is 3.51. The zero-order chi connectivity index (χ0) is 31.0. The fraction of sp³-hybridized carbons (Fsp3) is 0.500. The fourth-order valence-corrected chi connectivity index (χ4v) is 5.08. The fourth-order valence-electron chi connectivity index (χ4n) is 5.08. The minimum Gasteiger partial charge on any atom is -0.330 e. The van der Waals surface area contributed by atoms with Crippen molar-refractivity contribution >= 4 is 5.95 Å². The van der Waals surface area contributed by atoms with Crippen molar-refractivity contribution in [3.8, 4) is 0 Å². The molecule has 1 fully saturated rings. The number of nitrogens with zero attached hydrogens (tertiary/aromatic N) is 6. The first-order chi connectivity index (χ1) is 19.5. The number of aromatic nitrogens is 4. The quantitative estimate of drug-likeness (QED) is 0.258. The summed E-state index contributed by atoms with van der Waals surface area (Å²) in [6.45, 7) is 1.16. The predicted octanol–water partition coefficient (Wildman–Crippen LogP) is 6.97. The molecule has 16 heteroatoms. The first-order valence-corrected chi connectivity index (χ1v) is 12.8. The number of benzene rings is 2. The number of halogens is 10. The number of likely N-dealkylation sites (tertiary alicyclic amines) is 1. The molecular weight excluding hydrogens is 586 g/mol. The summed E-state index contributed by atoms with van der Waals surface area (Å²) in [5, 5.41) is 11.5. The third-order valence-electron chi connectivity index (χ3n) is 6.98. The van der Waals surface area contributed by atoms with Crippen molar-refractivity contribution in [2.75, 3.05) is 18.0 Å². The van der Waals surface area contributed by atoms with Crippen molar-refractivity contribution < 1.29 is 43.9 Å². The van der Waals surface area contributed by atoms with E-state index >= 15 is 0 Å². The Bertz CT molecular complexity index is 1350. The van der Waals surface area contributed by atoms with Crippen molar-refractivity contribution in [3.05, 3.63) is 69.8 Å². The van der Waals surface area contributed by atoms with E-state index in [1.165, 1.54) is 13.1 Å². The average molecular weight is 613 g/mol. The second-order valence-corrected chi connectivity index (χ2v) is 10.1. The van der Waals surface area contributed by atoms with E-state index in [-0.39, 0.29) is 30.5 Å². The molecule has 0 amide bonds. The van der Waals surface area contributed by atoms with E-state index in [2.05, 4.69) is 15.4 Å². The molecule has 0 saturated carbocycles. The smallest absolute Gasteiger partial charge is 0.330 e. The van der Waals surface area contributed by atoms with Crippen LogP contribution in [0.4, 0.5) is 49.9 Å². The van der Waals surface area contributed by atoms with E-state index < -0.39 is 66.1 Å². The molecule has 0 aliphatic carbocycles. The molecule has 0 bridgehead atoms. The molecule has 0 radical (unpaired) electrons. The van der Waals surface area contributed by atoms with Crippen molar-refractivity contribution in [2.24, 2.45) is 7.05 Å². The standard InChI is InChI=1S/C26H26F10N6/c1-3-22(41-7-6-20(27)14-41)21-5-4-17(24(28,29)30)10-16(21)13-42(23-37-39-40(2)38-23)12-15-8-18(25(31,32)33)11-19(9-15)26(34,35)36/h4-5,8-11,20,22H,3,6-7,12-14H2,1-2H3/t20-,22?/m1/s1. The topological polar surface area (TPSA) is 50.1 Å². The Balaban J connectivity index is 1.81. The van der Waals surface area contributed by atoms with Gasteiger partial charge in [0.05, 0.1) is 23.7 Å². The van der Waals surface area contributed by atoms with Crippen LogP contribution in [0.25, 0.3) is 0 Å². The number of tetrazole rings is 1. The Morgan fingerprint density at radius 3 is 1.98 bits per heavy atom. The highest BCUT2D eigenvalue weighted by molar-refractivity contribution is 5.42. The molecule has 6 nitrogen and oxygen atoms in total. The summed E-state index contributed by atoms with van der Waals surface area (Å²) in [4.78, 5) is 3.93. The maximum atomic E-state index is 14.0. The van der Waals surface area contributed by atoms with Crippen molar-refractivity contribution in [2.45, 2.75) is 63.6 Å². The van der Waals surface area contributed by atoms with Crippen LogP contribution in [0.3, 0.4) is 0 Å². The molecule has 3 aromatic rings. The molecule has 42 heavy (non-hydrogen) atoms. The highest BCUT2D eigenvalue weighted by Gasteiger charge is 2.38. The van der Waals surface area contributed by atoms with Crippen molar-refractivity contribution in [1.29, 1.82) is 0 Å². The van der Waals surface area contributed by atoms with Gasteiger partial charge in [-0.3, -0.25) is 4.90 Å². The van der Waals surface area contributed by atoms with Gasteiger partial charge in [-0.05, 0) is 65.1 Å². The predicted molar refractivity (Wildman–Crippen MR) is 131 cm³/mol. The molecule has 4 rings (SSSR count). The van der Waals surface area contributed by atoms with Crippen LogP contribution in [0.15, 0.2) is 36.4 Å². The van der Waals surface area contributed by atoms with Gasteiger partial charge >= 0.3 is 18.5 Å². The van der Waals surface area contributed by atoms with Gasteiger partial charge < -0.3 is 4.90 Å². The van der Waals surface area contributed by atoms with Gasteiger partial charge in [0.2, 0.25) is 0 Å². The number of rotatable bonds is 8. The molecule has 1 saturated heterocycles. The minimum atomic E-state index is -5.10. The molecule has 1 aromatic heterocycles. The number of hydrogen-bond acceptors (Lipinski definition) is 5. The lowest BCUT2D eigenvalue weighted by Gasteiger charge is -2.31. The van der Waals surface area contributed by atoms with Crippen LogP contribution in [0, 0.1) is 0 Å². The summed E-state index contributed by atoms with van der Waals surface area (Å²) in [6.07, 6.45) is -15.4. The molecule has 1 aliphatic rings. The lowest BCUT2D eigenvalue weighted by atomic mass is 9.94. The van der Waals surface area contributed by atoms with Gasteiger partial charge in [0.1, 0.15) is 6.17 Å². The number of alkyl halides is 10. The van der Waals surface area contributed by atoms with Crippen LogP contribution in [0.1, 0.15) is 59.2 Å². The van der Waals surface area contributed by atoms with Crippen LogP contribution in [0.5, 0.6) is 0 Å². The summed E-state index contributed by atoms with van der Waals surface area (Å²) >= 11 is 0. The molecule has 230 valence electrons. The Labute approximate surface area is 233 Å². The Hall–Kier alpha value is -3.43. The Morgan fingerprint density at radius 2 is 1.50 bits per heavy atom. The molecule has 0 N–H and O–H groups in total. The molecule has 2 heterocycles. The largest absolute Gasteiger partial charge is 0.416 e. The van der Waals surface area contributed by atoms with Crippen LogP contribution >= 0.6 is 0 Å². The van der Waals surface area contributed by atoms with Gasteiger partial charge in [-0.25, -0.2) is 4.39 Å². The highest BCUT2D eigenvalue weighted by atomic mass is 19.4. The molecule has 2 atom stereocenters. The van der Waals surface area contributed by atoms with E-state index in [4.69, 9.17) is 0 Å². The summed E-state index contributed by atoms with van der Waals surface area (Å²) in [5.74, 6) is -0.232. The molecule has 1 aliphatic heterocycles. The molecular formula is C26H26F10N6. The Kier molecular flexibility index (Phi) is 8.77. The zero-order valence-corrected chi connectivity index (χ0v) is 22.3. The summed E-state index contributed by atoms with van der Waals surface area (Å²) in [5.41, 5.74) is -4.03.